The Bertz CT molecular complexity index is 227. The number of nitrogens with one attached hydrogen (secondary N) is 1. The first-order chi connectivity index (χ1) is 7.03. The van der Waals surface area contributed by atoms with Gasteiger partial charge in [-0.25, -0.2) is 0 Å². The van der Waals surface area contributed by atoms with Crippen molar-refractivity contribution >= 4 is 28.7 Å². The fourth-order valence-corrected chi connectivity index (χ4v) is 3.02. The van der Waals surface area contributed by atoms with Gasteiger partial charge in [0.1, 0.15) is 0 Å². The number of hydrogen-bond donors (Lipinski definition) is 1. The maximum Gasteiger partial charge on any atom is 0.156 e. The van der Waals surface area contributed by atoms with Gasteiger partial charge in [-0.1, -0.05) is 18.7 Å². The summed E-state index contributed by atoms with van der Waals surface area (Å²) in [6, 6.07) is 0. The van der Waals surface area contributed by atoms with Crippen LogP contribution in [0.25, 0.3) is 0 Å². The molecule has 1 N–H and O–H groups in total. The SMILES string of the molecule is CSC(C)CCN=C1NC(C)(C)CCS1. The molecule has 1 atom stereocenters. The molecule has 0 aliphatic carbocycles. The van der Waals surface area contributed by atoms with Crippen LogP contribution in [0.2, 0.25) is 0 Å². The molecule has 1 heterocycles. The summed E-state index contributed by atoms with van der Waals surface area (Å²) >= 11 is 3.77. The number of thioether (sulfide) groups is 2. The van der Waals surface area contributed by atoms with Crippen molar-refractivity contribution in [1.29, 1.82) is 0 Å². The molecule has 1 aliphatic rings. The van der Waals surface area contributed by atoms with Crippen molar-refractivity contribution in [2.45, 2.75) is 44.4 Å². The minimum absolute atomic E-state index is 0.231. The van der Waals surface area contributed by atoms with E-state index in [1.165, 1.54) is 18.6 Å². The van der Waals surface area contributed by atoms with Crippen LogP contribution in [0, 0.1) is 0 Å². The van der Waals surface area contributed by atoms with Crippen LogP contribution in [-0.4, -0.2) is 34.5 Å². The van der Waals surface area contributed by atoms with E-state index in [0.29, 0.717) is 0 Å². The largest absolute Gasteiger partial charge is 0.360 e. The quantitative estimate of drug-likeness (QED) is 0.825. The van der Waals surface area contributed by atoms with Crippen molar-refractivity contribution in [3.8, 4) is 0 Å². The van der Waals surface area contributed by atoms with Crippen molar-refractivity contribution in [3.63, 3.8) is 0 Å². The zero-order valence-corrected chi connectivity index (χ0v) is 11.8. The molecular weight excluding hydrogens is 224 g/mol. The Balaban J connectivity index is 2.33. The highest BCUT2D eigenvalue weighted by molar-refractivity contribution is 8.13. The summed E-state index contributed by atoms with van der Waals surface area (Å²) in [6.45, 7) is 7.70. The van der Waals surface area contributed by atoms with E-state index in [9.17, 15) is 0 Å². The molecule has 1 rings (SSSR count). The second-order valence-electron chi connectivity index (χ2n) is 4.63. The number of rotatable bonds is 4. The van der Waals surface area contributed by atoms with Gasteiger partial charge >= 0.3 is 0 Å². The number of hydrogen-bond acceptors (Lipinski definition) is 3. The second-order valence-corrected chi connectivity index (χ2v) is 6.99. The zero-order valence-electron chi connectivity index (χ0n) is 10.2. The monoisotopic (exact) mass is 246 g/mol. The molecule has 0 bridgehead atoms. The summed E-state index contributed by atoms with van der Waals surface area (Å²) in [5.41, 5.74) is 0.231. The molecule has 1 unspecified atom stereocenters. The lowest BCUT2D eigenvalue weighted by Crippen LogP contribution is -2.46. The maximum atomic E-state index is 4.62. The fourth-order valence-electron chi connectivity index (χ4n) is 1.34. The number of nitrogens with zero attached hydrogens (tertiary/aromatic N) is 1. The summed E-state index contributed by atoms with van der Waals surface area (Å²) in [5.74, 6) is 1.19. The Labute approximate surface area is 102 Å². The van der Waals surface area contributed by atoms with E-state index in [-0.39, 0.29) is 5.54 Å². The normalized spacial score (nSPS) is 24.9. The summed E-state index contributed by atoms with van der Waals surface area (Å²) in [5, 5.41) is 5.35. The molecular formula is C11H22N2S2. The Morgan fingerprint density at radius 2 is 2.33 bits per heavy atom. The molecule has 1 fully saturated rings. The van der Waals surface area contributed by atoms with Crippen molar-refractivity contribution in [2.24, 2.45) is 4.99 Å². The predicted octanol–water partition coefficient (Wildman–Crippen LogP) is 2.99. The Morgan fingerprint density at radius 3 is 2.93 bits per heavy atom. The van der Waals surface area contributed by atoms with Gasteiger partial charge in [0.2, 0.25) is 0 Å². The second kappa shape index (κ2) is 6.04. The van der Waals surface area contributed by atoms with E-state index in [2.05, 4.69) is 37.3 Å². The smallest absolute Gasteiger partial charge is 0.156 e. The third kappa shape index (κ3) is 5.16. The first kappa shape index (κ1) is 13.2. The van der Waals surface area contributed by atoms with E-state index < -0.39 is 0 Å². The first-order valence-corrected chi connectivity index (χ1v) is 7.79. The molecule has 1 aliphatic heterocycles. The number of amidine groups is 1. The molecule has 0 aromatic rings. The standard InChI is InChI=1S/C11H22N2S2/c1-9(14-4)5-7-12-10-13-11(2,3)6-8-15-10/h9H,5-8H2,1-4H3,(H,12,13). The Morgan fingerprint density at radius 1 is 1.60 bits per heavy atom. The molecule has 88 valence electrons. The molecule has 0 aromatic carbocycles. The predicted molar refractivity (Wildman–Crippen MR) is 74.2 cm³/mol. The molecule has 4 heteroatoms. The average molecular weight is 246 g/mol. The molecule has 15 heavy (non-hydrogen) atoms. The topological polar surface area (TPSA) is 24.4 Å². The van der Waals surface area contributed by atoms with Crippen molar-refractivity contribution < 1.29 is 0 Å². The zero-order chi connectivity index (χ0) is 11.3. The first-order valence-electron chi connectivity index (χ1n) is 5.52. The lowest BCUT2D eigenvalue weighted by Gasteiger charge is -2.32. The van der Waals surface area contributed by atoms with E-state index in [1.807, 2.05) is 23.5 Å². The molecule has 0 spiro atoms. The number of aliphatic imine (C=N–C) groups is 1. The van der Waals surface area contributed by atoms with E-state index in [0.717, 1.165) is 17.0 Å². The third-order valence-electron chi connectivity index (χ3n) is 2.60. The minimum Gasteiger partial charge on any atom is -0.360 e. The highest BCUT2D eigenvalue weighted by Gasteiger charge is 2.23. The van der Waals surface area contributed by atoms with Crippen LogP contribution in [-0.2, 0) is 0 Å². The molecule has 2 nitrogen and oxygen atoms in total. The van der Waals surface area contributed by atoms with Crippen LogP contribution in [0.5, 0.6) is 0 Å². The Hall–Kier alpha value is 0.170. The van der Waals surface area contributed by atoms with Crippen LogP contribution in [0.15, 0.2) is 4.99 Å². The summed E-state index contributed by atoms with van der Waals surface area (Å²) in [7, 11) is 0. The van der Waals surface area contributed by atoms with Crippen molar-refractivity contribution in [3.05, 3.63) is 0 Å². The van der Waals surface area contributed by atoms with Gasteiger partial charge in [0.05, 0.1) is 0 Å². The highest BCUT2D eigenvalue weighted by Crippen LogP contribution is 2.21. The molecule has 0 amide bonds. The van der Waals surface area contributed by atoms with Gasteiger partial charge in [0, 0.05) is 23.1 Å². The van der Waals surface area contributed by atoms with E-state index in [1.54, 1.807) is 0 Å². The van der Waals surface area contributed by atoms with Gasteiger partial charge in [-0.05, 0) is 32.9 Å². The van der Waals surface area contributed by atoms with E-state index in [4.69, 9.17) is 0 Å². The van der Waals surface area contributed by atoms with Gasteiger partial charge in [0.15, 0.2) is 5.17 Å². The minimum atomic E-state index is 0.231. The summed E-state index contributed by atoms with van der Waals surface area (Å²) in [6.07, 6.45) is 4.56. The summed E-state index contributed by atoms with van der Waals surface area (Å²) < 4.78 is 0. The molecule has 0 radical (unpaired) electrons. The lowest BCUT2D eigenvalue weighted by molar-refractivity contribution is 0.446. The van der Waals surface area contributed by atoms with Crippen molar-refractivity contribution in [2.75, 3.05) is 18.6 Å². The van der Waals surface area contributed by atoms with Gasteiger partial charge in [-0.3, -0.25) is 4.99 Å². The van der Waals surface area contributed by atoms with Crippen LogP contribution in [0.1, 0.15) is 33.6 Å². The van der Waals surface area contributed by atoms with Gasteiger partial charge < -0.3 is 5.32 Å². The van der Waals surface area contributed by atoms with Gasteiger partial charge in [-0.15, -0.1) is 0 Å². The third-order valence-corrected chi connectivity index (χ3v) is 4.56. The van der Waals surface area contributed by atoms with Gasteiger partial charge in [0.25, 0.3) is 0 Å². The van der Waals surface area contributed by atoms with Gasteiger partial charge in [-0.2, -0.15) is 11.8 Å². The van der Waals surface area contributed by atoms with Crippen LogP contribution in [0.4, 0.5) is 0 Å². The molecule has 0 saturated carbocycles. The van der Waals surface area contributed by atoms with Crippen LogP contribution < -0.4 is 5.32 Å². The highest BCUT2D eigenvalue weighted by atomic mass is 32.2. The average Bonchev–Trinajstić information content (AvgIpc) is 2.16. The van der Waals surface area contributed by atoms with Crippen molar-refractivity contribution in [1.82, 2.24) is 5.32 Å². The molecule has 0 aromatic heterocycles. The van der Waals surface area contributed by atoms with Crippen LogP contribution in [0.3, 0.4) is 0 Å². The summed E-state index contributed by atoms with van der Waals surface area (Å²) in [4.78, 5) is 4.62. The lowest BCUT2D eigenvalue weighted by atomic mass is 10.0. The fraction of sp³-hybridized carbons (Fsp3) is 0.909. The van der Waals surface area contributed by atoms with E-state index >= 15 is 0 Å². The maximum absolute atomic E-state index is 4.62. The molecule has 1 saturated heterocycles. The van der Waals surface area contributed by atoms with Crippen LogP contribution >= 0.6 is 23.5 Å². The Kier molecular flexibility index (Phi) is 5.33.